The molecule has 0 aliphatic carbocycles. The largest absolute Gasteiger partial charge is 0.379 e. The van der Waals surface area contributed by atoms with Gasteiger partial charge in [0.2, 0.25) is 5.91 Å². The zero-order valence-corrected chi connectivity index (χ0v) is 15.1. The molecule has 0 bridgehead atoms. The number of rotatable bonds is 4. The van der Waals surface area contributed by atoms with Crippen molar-refractivity contribution in [2.24, 2.45) is 7.05 Å². The molecule has 2 aliphatic heterocycles. The SMILES string of the molecule is Cn1ccc(CC(=O)N2CCc3ncnc(N[C@H]4CCOC4)c3CC2)c1. The van der Waals surface area contributed by atoms with Crippen molar-refractivity contribution in [2.45, 2.75) is 31.7 Å². The number of nitrogens with one attached hydrogen (secondary N) is 1. The highest BCUT2D eigenvalue weighted by molar-refractivity contribution is 5.79. The number of fused-ring (bicyclic) bond motifs is 1. The minimum Gasteiger partial charge on any atom is -0.379 e. The van der Waals surface area contributed by atoms with Gasteiger partial charge < -0.3 is 19.5 Å². The van der Waals surface area contributed by atoms with E-state index in [4.69, 9.17) is 4.74 Å². The lowest BCUT2D eigenvalue weighted by Crippen LogP contribution is -2.34. The molecule has 1 fully saturated rings. The Hall–Kier alpha value is -2.41. The van der Waals surface area contributed by atoms with Gasteiger partial charge in [-0.3, -0.25) is 4.79 Å². The zero-order chi connectivity index (χ0) is 17.9. The van der Waals surface area contributed by atoms with Gasteiger partial charge in [0.1, 0.15) is 12.1 Å². The highest BCUT2D eigenvalue weighted by Gasteiger charge is 2.24. The number of hydrogen-bond acceptors (Lipinski definition) is 5. The fraction of sp³-hybridized carbons (Fsp3) is 0.526. The molecule has 2 aromatic heterocycles. The van der Waals surface area contributed by atoms with Gasteiger partial charge in [0.15, 0.2) is 0 Å². The monoisotopic (exact) mass is 355 g/mol. The molecule has 1 amide bonds. The van der Waals surface area contributed by atoms with Gasteiger partial charge in [0.25, 0.3) is 0 Å². The molecular weight excluding hydrogens is 330 g/mol. The highest BCUT2D eigenvalue weighted by atomic mass is 16.5. The molecule has 7 heteroatoms. The number of anilines is 1. The molecule has 0 saturated carbocycles. The van der Waals surface area contributed by atoms with E-state index in [9.17, 15) is 4.79 Å². The summed E-state index contributed by atoms with van der Waals surface area (Å²) >= 11 is 0. The Bertz CT molecular complexity index is 782. The number of amides is 1. The number of ether oxygens (including phenoxy) is 1. The third kappa shape index (κ3) is 3.72. The van der Waals surface area contributed by atoms with Crippen LogP contribution >= 0.6 is 0 Å². The molecule has 1 atom stereocenters. The van der Waals surface area contributed by atoms with E-state index < -0.39 is 0 Å². The first-order valence-electron chi connectivity index (χ1n) is 9.24. The Labute approximate surface area is 153 Å². The Kier molecular flexibility index (Phi) is 4.88. The smallest absolute Gasteiger partial charge is 0.227 e. The molecule has 7 nitrogen and oxygen atoms in total. The average Bonchev–Trinajstić information content (AvgIpc) is 3.22. The Balaban J connectivity index is 1.44. The summed E-state index contributed by atoms with van der Waals surface area (Å²) in [7, 11) is 1.97. The first-order valence-corrected chi connectivity index (χ1v) is 9.24. The molecular formula is C19H25N5O2. The predicted octanol–water partition coefficient (Wildman–Crippen LogP) is 1.19. The van der Waals surface area contributed by atoms with Gasteiger partial charge in [-0.15, -0.1) is 0 Å². The molecule has 0 radical (unpaired) electrons. The van der Waals surface area contributed by atoms with Crippen molar-refractivity contribution in [3.63, 3.8) is 0 Å². The molecule has 4 rings (SSSR count). The molecule has 138 valence electrons. The summed E-state index contributed by atoms with van der Waals surface area (Å²) in [6, 6.07) is 2.31. The third-order valence-corrected chi connectivity index (χ3v) is 5.16. The van der Waals surface area contributed by atoms with Gasteiger partial charge in [0, 0.05) is 51.1 Å². The number of aryl methyl sites for hydroxylation is 1. The van der Waals surface area contributed by atoms with Crippen LogP contribution < -0.4 is 5.32 Å². The van der Waals surface area contributed by atoms with Crippen LogP contribution in [0.25, 0.3) is 0 Å². The Morgan fingerprint density at radius 3 is 3.00 bits per heavy atom. The second-order valence-corrected chi connectivity index (χ2v) is 7.10. The van der Waals surface area contributed by atoms with Gasteiger partial charge in [-0.1, -0.05) is 0 Å². The number of aromatic nitrogens is 3. The van der Waals surface area contributed by atoms with Crippen molar-refractivity contribution in [3.05, 3.63) is 41.6 Å². The normalized spacial score (nSPS) is 19.9. The van der Waals surface area contributed by atoms with Crippen molar-refractivity contribution in [1.82, 2.24) is 19.4 Å². The molecule has 1 N–H and O–H groups in total. The van der Waals surface area contributed by atoms with Crippen LogP contribution in [-0.4, -0.2) is 57.7 Å². The second-order valence-electron chi connectivity index (χ2n) is 7.10. The van der Waals surface area contributed by atoms with E-state index in [0.29, 0.717) is 25.6 Å². The fourth-order valence-corrected chi connectivity index (χ4v) is 3.69. The molecule has 26 heavy (non-hydrogen) atoms. The van der Waals surface area contributed by atoms with Crippen LogP contribution in [0.5, 0.6) is 0 Å². The van der Waals surface area contributed by atoms with Gasteiger partial charge in [-0.2, -0.15) is 0 Å². The minimum absolute atomic E-state index is 0.177. The van der Waals surface area contributed by atoms with Crippen LogP contribution in [0.3, 0.4) is 0 Å². The van der Waals surface area contributed by atoms with Crippen LogP contribution in [0.15, 0.2) is 24.8 Å². The van der Waals surface area contributed by atoms with Crippen molar-refractivity contribution in [3.8, 4) is 0 Å². The second kappa shape index (κ2) is 7.45. The fourth-order valence-electron chi connectivity index (χ4n) is 3.69. The van der Waals surface area contributed by atoms with Crippen LogP contribution in [0.1, 0.15) is 23.2 Å². The van der Waals surface area contributed by atoms with E-state index in [1.807, 2.05) is 35.0 Å². The molecule has 0 spiro atoms. The minimum atomic E-state index is 0.177. The van der Waals surface area contributed by atoms with Crippen LogP contribution in [0.2, 0.25) is 0 Å². The number of carbonyl (C=O) groups is 1. The molecule has 1 saturated heterocycles. The lowest BCUT2D eigenvalue weighted by molar-refractivity contribution is -0.130. The third-order valence-electron chi connectivity index (χ3n) is 5.16. The molecule has 4 heterocycles. The number of nitrogens with zero attached hydrogens (tertiary/aromatic N) is 4. The van der Waals surface area contributed by atoms with Gasteiger partial charge in [-0.25, -0.2) is 9.97 Å². The number of carbonyl (C=O) groups excluding carboxylic acids is 1. The van der Waals surface area contributed by atoms with Crippen molar-refractivity contribution in [2.75, 3.05) is 31.6 Å². The lowest BCUT2D eigenvalue weighted by Gasteiger charge is -2.20. The summed E-state index contributed by atoms with van der Waals surface area (Å²) in [4.78, 5) is 23.6. The van der Waals surface area contributed by atoms with E-state index in [1.165, 1.54) is 0 Å². The maximum Gasteiger partial charge on any atom is 0.227 e. The lowest BCUT2D eigenvalue weighted by atomic mass is 10.1. The van der Waals surface area contributed by atoms with E-state index in [-0.39, 0.29) is 5.91 Å². The van der Waals surface area contributed by atoms with Gasteiger partial charge in [0.05, 0.1) is 24.8 Å². The zero-order valence-electron chi connectivity index (χ0n) is 15.1. The van der Waals surface area contributed by atoms with Crippen LogP contribution in [-0.2, 0) is 35.8 Å². The first-order chi connectivity index (χ1) is 12.7. The molecule has 0 aromatic carbocycles. The average molecular weight is 355 g/mol. The predicted molar refractivity (Wildman–Crippen MR) is 98.0 cm³/mol. The van der Waals surface area contributed by atoms with E-state index >= 15 is 0 Å². The van der Waals surface area contributed by atoms with E-state index in [1.54, 1.807) is 6.33 Å². The van der Waals surface area contributed by atoms with Crippen LogP contribution in [0, 0.1) is 0 Å². The van der Waals surface area contributed by atoms with Crippen molar-refractivity contribution < 1.29 is 9.53 Å². The first kappa shape index (κ1) is 17.0. The Morgan fingerprint density at radius 2 is 2.23 bits per heavy atom. The summed E-state index contributed by atoms with van der Waals surface area (Å²) in [5.74, 6) is 1.08. The topological polar surface area (TPSA) is 72.3 Å². The summed E-state index contributed by atoms with van der Waals surface area (Å²) < 4.78 is 7.42. The van der Waals surface area contributed by atoms with Crippen molar-refractivity contribution >= 4 is 11.7 Å². The summed E-state index contributed by atoms with van der Waals surface area (Å²) in [5, 5.41) is 3.50. The molecule has 0 unspecified atom stereocenters. The van der Waals surface area contributed by atoms with Gasteiger partial charge >= 0.3 is 0 Å². The standard InChI is InChI=1S/C19H25N5O2/c1-23-6-2-14(11-23)10-18(25)24-7-3-16-17(4-8-24)20-13-21-19(16)22-15-5-9-26-12-15/h2,6,11,13,15H,3-5,7-10,12H2,1H3,(H,20,21,22)/t15-/m0/s1. The van der Waals surface area contributed by atoms with Crippen LogP contribution in [0.4, 0.5) is 5.82 Å². The quantitative estimate of drug-likeness (QED) is 0.892. The summed E-state index contributed by atoms with van der Waals surface area (Å²) in [6.45, 7) is 2.94. The van der Waals surface area contributed by atoms with Crippen molar-refractivity contribution in [1.29, 1.82) is 0 Å². The van der Waals surface area contributed by atoms with E-state index in [2.05, 4.69) is 15.3 Å². The maximum atomic E-state index is 12.7. The highest BCUT2D eigenvalue weighted by Crippen LogP contribution is 2.22. The molecule has 2 aliphatic rings. The maximum absolute atomic E-state index is 12.7. The number of hydrogen-bond donors (Lipinski definition) is 1. The summed E-state index contributed by atoms with van der Waals surface area (Å²) in [5.41, 5.74) is 3.26. The summed E-state index contributed by atoms with van der Waals surface area (Å²) in [6.07, 6.45) is 8.61. The van der Waals surface area contributed by atoms with E-state index in [0.717, 1.165) is 55.1 Å². The van der Waals surface area contributed by atoms with Gasteiger partial charge in [-0.05, 0) is 24.5 Å². The molecule has 2 aromatic rings. The Morgan fingerprint density at radius 1 is 1.35 bits per heavy atom.